The number of halogens is 2. The molecule has 1 aliphatic rings. The van der Waals surface area contributed by atoms with E-state index in [1.165, 1.54) is 22.9 Å². The van der Waals surface area contributed by atoms with Crippen molar-refractivity contribution in [2.24, 2.45) is 0 Å². The first-order valence-corrected chi connectivity index (χ1v) is 9.87. The summed E-state index contributed by atoms with van der Waals surface area (Å²) >= 11 is 0. The van der Waals surface area contributed by atoms with E-state index in [1.54, 1.807) is 24.3 Å². The molecule has 156 valence electrons. The molecule has 0 atom stereocenters. The van der Waals surface area contributed by atoms with Crippen LogP contribution in [0.15, 0.2) is 48.5 Å². The number of carbonyl (C=O) groups excluding carboxylic acids is 1. The van der Waals surface area contributed by atoms with E-state index in [0.29, 0.717) is 37.4 Å². The van der Waals surface area contributed by atoms with Gasteiger partial charge in [-0.15, -0.1) is 0 Å². The molecular weight excluding hydrogens is 388 g/mol. The SMILES string of the molecule is Cc1cc(C)n(-c2ccc(NC(=O)C3(c4ccc(F)cc4)CCOCC3)cc2F)n1. The van der Waals surface area contributed by atoms with Crippen LogP contribution in [0.25, 0.3) is 5.69 Å². The number of benzene rings is 2. The quantitative estimate of drug-likeness (QED) is 0.690. The van der Waals surface area contributed by atoms with E-state index < -0.39 is 11.2 Å². The average Bonchev–Trinajstić information content (AvgIpc) is 3.07. The van der Waals surface area contributed by atoms with Gasteiger partial charge in [0.05, 0.1) is 11.1 Å². The molecule has 3 aromatic rings. The molecule has 1 fully saturated rings. The molecule has 1 saturated heterocycles. The van der Waals surface area contributed by atoms with Gasteiger partial charge in [-0.2, -0.15) is 5.10 Å². The minimum atomic E-state index is -0.850. The Morgan fingerprint density at radius 3 is 2.37 bits per heavy atom. The van der Waals surface area contributed by atoms with Crippen LogP contribution in [0.5, 0.6) is 0 Å². The summed E-state index contributed by atoms with van der Waals surface area (Å²) in [4.78, 5) is 13.3. The number of hydrogen-bond donors (Lipinski definition) is 1. The van der Waals surface area contributed by atoms with Crippen molar-refractivity contribution < 1.29 is 18.3 Å². The summed E-state index contributed by atoms with van der Waals surface area (Å²) < 4.78 is 35.2. The average molecular weight is 411 g/mol. The van der Waals surface area contributed by atoms with E-state index in [9.17, 15) is 13.6 Å². The second-order valence-corrected chi connectivity index (χ2v) is 7.66. The summed E-state index contributed by atoms with van der Waals surface area (Å²) in [5.41, 5.74) is 2.17. The third-order valence-corrected chi connectivity index (χ3v) is 5.62. The van der Waals surface area contributed by atoms with E-state index in [4.69, 9.17) is 4.74 Å². The molecule has 2 aromatic carbocycles. The van der Waals surface area contributed by atoms with Crippen LogP contribution in [-0.2, 0) is 14.9 Å². The van der Waals surface area contributed by atoms with Gasteiger partial charge >= 0.3 is 0 Å². The van der Waals surface area contributed by atoms with Crippen molar-refractivity contribution in [2.45, 2.75) is 32.1 Å². The molecule has 1 amide bonds. The van der Waals surface area contributed by atoms with E-state index in [2.05, 4.69) is 10.4 Å². The number of amides is 1. The normalized spacial score (nSPS) is 15.7. The van der Waals surface area contributed by atoms with Gasteiger partial charge in [0.25, 0.3) is 0 Å². The molecule has 4 rings (SSSR count). The zero-order chi connectivity index (χ0) is 21.3. The van der Waals surface area contributed by atoms with Crippen LogP contribution in [0.3, 0.4) is 0 Å². The fourth-order valence-electron chi connectivity index (χ4n) is 4.02. The van der Waals surface area contributed by atoms with E-state index in [1.807, 2.05) is 19.9 Å². The van der Waals surface area contributed by atoms with Crippen LogP contribution in [-0.4, -0.2) is 28.9 Å². The summed E-state index contributed by atoms with van der Waals surface area (Å²) in [6.45, 7) is 4.55. The molecule has 1 aliphatic heterocycles. The summed E-state index contributed by atoms with van der Waals surface area (Å²) in [7, 11) is 0. The van der Waals surface area contributed by atoms with Gasteiger partial charge in [0.2, 0.25) is 5.91 Å². The molecule has 0 radical (unpaired) electrons. The van der Waals surface area contributed by atoms with Gasteiger partial charge in [0.1, 0.15) is 11.5 Å². The highest BCUT2D eigenvalue weighted by atomic mass is 19.1. The standard InChI is InChI=1S/C23H23F2N3O2/c1-15-13-16(2)28(27-15)21-8-7-19(14-20(21)25)26-22(29)23(9-11-30-12-10-23)17-3-5-18(24)6-4-17/h3-8,13-14H,9-12H2,1-2H3,(H,26,29). The largest absolute Gasteiger partial charge is 0.381 e. The monoisotopic (exact) mass is 411 g/mol. The summed E-state index contributed by atoms with van der Waals surface area (Å²) in [6, 6.07) is 12.4. The molecule has 0 spiro atoms. The predicted octanol–water partition coefficient (Wildman–Crippen LogP) is 4.45. The van der Waals surface area contributed by atoms with Crippen molar-refractivity contribution in [1.82, 2.24) is 9.78 Å². The number of rotatable bonds is 4. The number of ether oxygens (including phenoxy) is 1. The number of aryl methyl sites for hydroxylation is 2. The summed E-state index contributed by atoms with van der Waals surface area (Å²) in [5.74, 6) is -1.10. The van der Waals surface area contributed by atoms with Gasteiger partial charge in [-0.3, -0.25) is 4.79 Å². The van der Waals surface area contributed by atoms with Crippen molar-refractivity contribution in [3.8, 4) is 5.69 Å². The lowest BCUT2D eigenvalue weighted by Crippen LogP contribution is -2.44. The smallest absolute Gasteiger partial charge is 0.235 e. The zero-order valence-corrected chi connectivity index (χ0v) is 16.9. The highest BCUT2D eigenvalue weighted by Gasteiger charge is 2.41. The first-order chi connectivity index (χ1) is 14.4. The first-order valence-electron chi connectivity index (χ1n) is 9.87. The number of hydrogen-bond acceptors (Lipinski definition) is 3. The summed E-state index contributed by atoms with van der Waals surface area (Å²) in [5, 5.41) is 7.15. The lowest BCUT2D eigenvalue weighted by Gasteiger charge is -2.36. The van der Waals surface area contributed by atoms with E-state index >= 15 is 0 Å². The molecule has 0 aliphatic carbocycles. The molecule has 30 heavy (non-hydrogen) atoms. The van der Waals surface area contributed by atoms with Crippen LogP contribution in [0.1, 0.15) is 29.8 Å². The Hall–Kier alpha value is -3.06. The Kier molecular flexibility index (Phi) is 5.39. The number of aromatic nitrogens is 2. The number of nitrogens with zero attached hydrogens (tertiary/aromatic N) is 2. The van der Waals surface area contributed by atoms with Crippen molar-refractivity contribution >= 4 is 11.6 Å². The molecule has 7 heteroatoms. The molecule has 5 nitrogen and oxygen atoms in total. The molecule has 1 N–H and O–H groups in total. The Morgan fingerprint density at radius 1 is 1.07 bits per heavy atom. The first kappa shape index (κ1) is 20.2. The molecular formula is C23H23F2N3O2. The maximum absolute atomic E-state index is 14.8. The second kappa shape index (κ2) is 7.99. The summed E-state index contributed by atoms with van der Waals surface area (Å²) in [6.07, 6.45) is 0.938. The van der Waals surface area contributed by atoms with E-state index in [-0.39, 0.29) is 11.7 Å². The zero-order valence-electron chi connectivity index (χ0n) is 16.9. The molecule has 0 bridgehead atoms. The van der Waals surface area contributed by atoms with E-state index in [0.717, 1.165) is 17.0 Å². The third kappa shape index (κ3) is 3.73. The lowest BCUT2D eigenvalue weighted by atomic mass is 9.73. The molecule has 0 saturated carbocycles. The maximum Gasteiger partial charge on any atom is 0.235 e. The minimum absolute atomic E-state index is 0.254. The van der Waals surface area contributed by atoms with Gasteiger partial charge in [-0.1, -0.05) is 12.1 Å². The predicted molar refractivity (Wildman–Crippen MR) is 110 cm³/mol. The number of nitrogens with one attached hydrogen (secondary N) is 1. The maximum atomic E-state index is 14.8. The van der Waals surface area contributed by atoms with Crippen LogP contribution in [0.4, 0.5) is 14.5 Å². The highest BCUT2D eigenvalue weighted by Crippen LogP contribution is 2.36. The van der Waals surface area contributed by atoms with Crippen molar-refractivity contribution in [3.63, 3.8) is 0 Å². The topological polar surface area (TPSA) is 56.2 Å². The number of anilines is 1. The van der Waals surface area contributed by atoms with Crippen molar-refractivity contribution in [3.05, 3.63) is 77.1 Å². The van der Waals surface area contributed by atoms with Gasteiger partial charge in [0.15, 0.2) is 5.82 Å². The fourth-order valence-corrected chi connectivity index (χ4v) is 4.02. The van der Waals surface area contributed by atoms with Crippen molar-refractivity contribution in [2.75, 3.05) is 18.5 Å². The van der Waals surface area contributed by atoms with Gasteiger partial charge < -0.3 is 10.1 Å². The second-order valence-electron chi connectivity index (χ2n) is 7.66. The highest BCUT2D eigenvalue weighted by molar-refractivity contribution is 5.99. The molecule has 0 unspecified atom stereocenters. The lowest BCUT2D eigenvalue weighted by molar-refractivity contribution is -0.125. The molecule has 2 heterocycles. The Labute approximate surface area is 173 Å². The van der Waals surface area contributed by atoms with Crippen molar-refractivity contribution in [1.29, 1.82) is 0 Å². The van der Waals surface area contributed by atoms with Crippen LogP contribution in [0.2, 0.25) is 0 Å². The van der Waals surface area contributed by atoms with Crippen LogP contribution in [0, 0.1) is 25.5 Å². The van der Waals surface area contributed by atoms with Crippen LogP contribution < -0.4 is 5.32 Å². The number of carbonyl (C=O) groups is 1. The van der Waals surface area contributed by atoms with Gasteiger partial charge in [0, 0.05) is 24.6 Å². The minimum Gasteiger partial charge on any atom is -0.381 e. The Bertz CT molecular complexity index is 1070. The van der Waals surface area contributed by atoms with Gasteiger partial charge in [-0.25, -0.2) is 13.5 Å². The van der Waals surface area contributed by atoms with Crippen LogP contribution >= 0.6 is 0 Å². The third-order valence-electron chi connectivity index (χ3n) is 5.62. The Morgan fingerprint density at radius 2 is 1.77 bits per heavy atom. The fraction of sp³-hybridized carbons (Fsp3) is 0.304. The Balaban J connectivity index is 1.62. The molecule has 1 aromatic heterocycles. The van der Waals surface area contributed by atoms with Gasteiger partial charge in [-0.05, 0) is 68.7 Å².